The first-order valence-electron chi connectivity index (χ1n) is 14.2. The van der Waals surface area contributed by atoms with Crippen molar-refractivity contribution in [2.45, 2.75) is 67.5 Å². The zero-order valence-electron chi connectivity index (χ0n) is 29.4. The van der Waals surface area contributed by atoms with Crippen LogP contribution < -0.4 is 19.9 Å². The van der Waals surface area contributed by atoms with Gasteiger partial charge in [-0.15, -0.1) is 0 Å². The molecule has 6 N–H and O–H groups in total. The van der Waals surface area contributed by atoms with Crippen molar-refractivity contribution >= 4 is 59.6 Å². The van der Waals surface area contributed by atoms with Gasteiger partial charge in [-0.3, -0.25) is 29.8 Å². The number of halogens is 2. The van der Waals surface area contributed by atoms with Gasteiger partial charge in [0.2, 0.25) is 0 Å². The van der Waals surface area contributed by atoms with Gasteiger partial charge in [-0.05, 0) is 48.9 Å². The molecule has 300 valence electrons. The largest absolute Gasteiger partial charge is 0.464 e. The number of carbonyl (C=O) groups is 2. The fourth-order valence-electron chi connectivity index (χ4n) is 2.68. The molecule has 0 heterocycles. The summed E-state index contributed by atoms with van der Waals surface area (Å²) in [4.78, 5) is 52.0. The summed E-state index contributed by atoms with van der Waals surface area (Å²) < 4.78 is 42.2. The number of nitrogens with two attached hydrogens (primary N) is 1. The summed E-state index contributed by atoms with van der Waals surface area (Å²) in [6, 6.07) is 7.96. The van der Waals surface area contributed by atoms with Gasteiger partial charge in [-0.25, -0.2) is 9.13 Å². The third kappa shape index (κ3) is 29.5. The van der Waals surface area contributed by atoms with Crippen molar-refractivity contribution in [1.29, 1.82) is 0 Å². The van der Waals surface area contributed by atoms with E-state index >= 15 is 0 Å². The van der Waals surface area contributed by atoms with E-state index in [4.69, 9.17) is 42.2 Å². The van der Waals surface area contributed by atoms with Crippen LogP contribution in [-0.2, 0) is 28.2 Å². The fraction of sp³-hybridized carbons (Fsp3) is 0.500. The Morgan fingerprint density at radius 1 is 0.788 bits per heavy atom. The summed E-state index contributed by atoms with van der Waals surface area (Å²) in [5.41, 5.74) is 4.80. The molecule has 0 spiro atoms. The molecule has 2 aromatic rings. The number of hydrogen-bond donors (Lipinski definition) is 3. The van der Waals surface area contributed by atoms with E-state index in [-0.39, 0.29) is 127 Å². The molecule has 18 nitrogen and oxygen atoms in total. The Hall–Kier alpha value is -0.821. The number of non-ortho nitro benzene ring substituents is 2. The van der Waals surface area contributed by atoms with Crippen LogP contribution in [0.4, 0.5) is 11.4 Å². The van der Waals surface area contributed by atoms with Crippen LogP contribution >= 0.6 is 36.3 Å². The molecule has 3 atom stereocenters. The SMILES string of the molecule is C[C@H](N)C(=O)OCC(C)(C)C.C[C@H](NP(=O)(O)Oc1ccc([N+](=O)[O-])cc1)C(=O)OCC(C)(C)C.O.O=[N+]([O-])c1ccc(OP(=O)(Cl)Cl)cc1.[Ar].[Ar]. The van der Waals surface area contributed by atoms with Crippen molar-refractivity contribution < 1.29 is 133 Å². The van der Waals surface area contributed by atoms with Gasteiger partial charge >= 0.3 is 25.8 Å². The maximum atomic E-state index is 12.0. The second kappa shape index (κ2) is 26.1. The molecule has 2 aromatic carbocycles. The van der Waals surface area contributed by atoms with Crippen LogP contribution in [0.1, 0.15) is 55.4 Å². The van der Waals surface area contributed by atoms with E-state index in [1.54, 1.807) is 6.92 Å². The van der Waals surface area contributed by atoms with Gasteiger partial charge in [0.15, 0.2) is 0 Å². The molecule has 0 bridgehead atoms. The first-order valence-corrected chi connectivity index (χ1v) is 19.2. The third-order valence-corrected chi connectivity index (χ3v) is 6.92. The van der Waals surface area contributed by atoms with E-state index in [0.717, 1.165) is 12.1 Å². The topological polar surface area (TPSA) is 281 Å². The summed E-state index contributed by atoms with van der Waals surface area (Å²) in [5, 5.41) is 23.0. The van der Waals surface area contributed by atoms with Gasteiger partial charge < -0.3 is 34.6 Å². The number of nitrogens with one attached hydrogen (secondary N) is 1. The van der Waals surface area contributed by atoms with Gasteiger partial charge in [0, 0.05) is 122 Å². The fourth-order valence-corrected chi connectivity index (χ4v) is 4.58. The second-order valence-corrected chi connectivity index (χ2v) is 18.3. The van der Waals surface area contributed by atoms with Gasteiger partial charge in [-0.2, -0.15) is 5.09 Å². The number of ether oxygens (including phenoxy) is 2. The summed E-state index contributed by atoms with van der Waals surface area (Å²) in [6.45, 7) is 15.2. The van der Waals surface area contributed by atoms with Crippen molar-refractivity contribution in [3.8, 4) is 11.5 Å². The summed E-state index contributed by atoms with van der Waals surface area (Å²) in [7, 11) is -4.35. The van der Waals surface area contributed by atoms with Crippen LogP contribution in [-0.4, -0.2) is 57.5 Å². The molecule has 52 heavy (non-hydrogen) atoms. The normalized spacial score (nSPS) is 13.0. The van der Waals surface area contributed by atoms with Gasteiger partial charge in [-0.1, -0.05) is 41.5 Å². The quantitative estimate of drug-likeness (QED) is 0.0913. The monoisotopic (exact) mass is 872 g/mol. The average Bonchev–Trinajstić information content (AvgIpc) is 2.93. The Morgan fingerprint density at radius 2 is 1.12 bits per heavy atom. The van der Waals surface area contributed by atoms with Crippen LogP contribution in [0.25, 0.3) is 0 Å². The third-order valence-electron chi connectivity index (χ3n) is 4.91. The molecule has 0 fully saturated rings. The number of carbonyl (C=O) groups excluding carboxylic acids is 2. The van der Waals surface area contributed by atoms with Gasteiger partial charge in [0.05, 0.1) is 23.1 Å². The predicted octanol–water partition coefficient (Wildman–Crippen LogP) is 6.30. The zero-order valence-corrected chi connectivity index (χ0v) is 34.1. The first kappa shape index (κ1) is 57.9. The Morgan fingerprint density at radius 3 is 1.40 bits per heavy atom. The van der Waals surface area contributed by atoms with Crippen LogP contribution in [0, 0.1) is 107 Å². The summed E-state index contributed by atoms with van der Waals surface area (Å²) in [6.07, 6.45) is -3.65. The maximum Gasteiger partial charge on any atom is 0.456 e. The Kier molecular flexibility index (Phi) is 29.1. The molecule has 24 heteroatoms. The van der Waals surface area contributed by atoms with Gasteiger partial charge in [0.25, 0.3) is 11.4 Å². The molecular formula is C28H44Ar2Cl2N4O14P2. The number of esters is 2. The number of nitro benzene ring substituents is 2. The molecule has 0 aliphatic heterocycles. The molecular weight excluding hydrogens is 829 g/mol. The van der Waals surface area contributed by atoms with E-state index < -0.39 is 41.7 Å². The Balaban J connectivity index is -0.000000353. The van der Waals surface area contributed by atoms with Crippen molar-refractivity contribution in [3.05, 3.63) is 68.8 Å². The molecule has 0 radical (unpaired) electrons. The predicted molar refractivity (Wildman–Crippen MR) is 187 cm³/mol. The van der Waals surface area contributed by atoms with Gasteiger partial charge in [0.1, 0.15) is 23.6 Å². The summed E-state index contributed by atoms with van der Waals surface area (Å²) in [5.74, 6) is -0.954. The minimum atomic E-state index is -4.35. The van der Waals surface area contributed by atoms with Crippen molar-refractivity contribution in [3.63, 3.8) is 0 Å². The number of rotatable bonds is 12. The van der Waals surface area contributed by atoms with E-state index in [0.29, 0.717) is 6.61 Å². The Bertz CT molecular complexity index is 1510. The molecule has 1 unspecified atom stereocenters. The van der Waals surface area contributed by atoms with Crippen LogP contribution in [0.2, 0.25) is 0 Å². The molecule has 0 amide bonds. The molecule has 0 aliphatic rings. The maximum absolute atomic E-state index is 12.0. The number of hydrogen-bond acceptors (Lipinski definition) is 13. The minimum Gasteiger partial charge on any atom is -0.464 e. The standard InChI is InChI=1S/C14H21N2O7P.C8H17NO2.C6H4Cl2NO4P.2Ar.H2O/c1-10(13(17)22-9-14(2,3)4)15-24(20,21)23-12-7-5-11(6-8-12)16(18)19;1-6(9)7(10)11-5-8(2,3)4;7-14(8,12)13-6-3-1-5(2-4-6)9(10)11;;;/h5-8,10H,9H2,1-4H3,(H2,15,20,21);6H,5,9H2,1-4H3;1-4H;;;1H2/t10-;6-;;;;/m00..../s1. The zero-order chi connectivity index (χ0) is 38.4. The van der Waals surface area contributed by atoms with Crippen molar-refractivity contribution in [2.24, 2.45) is 16.6 Å². The van der Waals surface area contributed by atoms with Crippen molar-refractivity contribution in [1.82, 2.24) is 5.09 Å². The van der Waals surface area contributed by atoms with E-state index in [2.05, 4.69) is 9.61 Å². The molecule has 0 aliphatic carbocycles. The van der Waals surface area contributed by atoms with Crippen molar-refractivity contribution in [2.75, 3.05) is 13.2 Å². The molecule has 2 rings (SSSR count). The van der Waals surface area contributed by atoms with Crippen LogP contribution in [0.3, 0.4) is 0 Å². The van der Waals surface area contributed by atoms with E-state index in [1.165, 1.54) is 43.3 Å². The first-order chi connectivity index (χ1) is 22.1. The summed E-state index contributed by atoms with van der Waals surface area (Å²) >= 11 is 10.3. The number of nitro groups is 2. The Labute approximate surface area is 371 Å². The number of benzene rings is 2. The van der Waals surface area contributed by atoms with Crippen LogP contribution in [0.5, 0.6) is 11.5 Å². The molecule has 0 saturated carbocycles. The van der Waals surface area contributed by atoms with E-state index in [9.17, 15) is 43.8 Å². The molecule has 0 saturated heterocycles. The minimum absolute atomic E-state index is 0. The second-order valence-electron chi connectivity index (χ2n) is 12.6. The average molecular weight is 873 g/mol. The van der Waals surface area contributed by atoms with E-state index in [1.807, 2.05) is 41.5 Å². The van der Waals surface area contributed by atoms with Crippen LogP contribution in [0.15, 0.2) is 48.5 Å². The smallest absolute Gasteiger partial charge is 0.456 e. The molecule has 0 aromatic heterocycles. The number of nitrogens with zero attached hydrogens (tertiary/aromatic N) is 2.